The molecule has 2 saturated heterocycles. The minimum atomic E-state index is -1.65. The normalized spacial score (nSPS) is 28.6. The number of carboxylic acids is 1. The van der Waals surface area contributed by atoms with Gasteiger partial charge >= 0.3 is 5.97 Å². The number of ketones is 1. The zero-order valence-corrected chi connectivity index (χ0v) is 26.5. The van der Waals surface area contributed by atoms with Crippen LogP contribution in [0.15, 0.2) is 24.3 Å². The molecule has 3 amide bonds. The number of nitrogens with one attached hydrogen (secondary N) is 4. The molecule has 0 radical (unpaired) electrons. The average molecular weight is 635 g/mol. The lowest BCUT2D eigenvalue weighted by Gasteiger charge is -2.38. The van der Waals surface area contributed by atoms with Crippen molar-refractivity contribution in [2.45, 2.75) is 82.8 Å². The first-order chi connectivity index (χ1) is 20.3. The highest BCUT2D eigenvalue weighted by Crippen LogP contribution is 2.43. The summed E-state index contributed by atoms with van der Waals surface area (Å²) in [4.78, 5) is 67.0. The molecule has 11 nitrogen and oxygen atoms in total. The lowest BCUT2D eigenvalue weighted by molar-refractivity contribution is -0.144. The number of carbonyl (C=O) groups is 5. The standard InChI is InChI=1S/C30H42N4O7S2/c1-28(2,3)25(39)30(20(10-14-32-30)18-6-8-19(35)9-7-18)27(41)33-21-16-42-43-17-22(24(37)38)34-26(40)29(11-4-5-12-29)13-15-31-23(21)36/h6-9,20-22,32,35H,4-5,10-17H2,1-3H3,(H,31,36)(H,33,41)(H,34,40)(H,37,38)/t20-,21+,22+,30+/m1/s1. The van der Waals surface area contributed by atoms with Crippen LogP contribution in [-0.2, 0) is 24.0 Å². The first-order valence-corrected chi connectivity index (χ1v) is 17.2. The zero-order chi connectivity index (χ0) is 31.4. The summed E-state index contributed by atoms with van der Waals surface area (Å²) in [6.45, 7) is 5.85. The number of Topliss-reactive ketones (excluding diaryl/α,β-unsaturated/α-hetero) is 1. The van der Waals surface area contributed by atoms with Crippen molar-refractivity contribution in [1.29, 1.82) is 0 Å². The van der Waals surface area contributed by atoms with Crippen molar-refractivity contribution in [3.05, 3.63) is 29.8 Å². The highest BCUT2D eigenvalue weighted by Gasteiger charge is 2.58. The van der Waals surface area contributed by atoms with Crippen LogP contribution in [0.3, 0.4) is 0 Å². The molecule has 0 aromatic heterocycles. The molecule has 0 unspecified atom stereocenters. The molecule has 1 saturated carbocycles. The number of benzene rings is 1. The number of phenols is 1. The van der Waals surface area contributed by atoms with Gasteiger partial charge in [0.15, 0.2) is 11.3 Å². The number of carbonyl (C=O) groups excluding carboxylic acids is 4. The van der Waals surface area contributed by atoms with Gasteiger partial charge in [-0.25, -0.2) is 4.79 Å². The summed E-state index contributed by atoms with van der Waals surface area (Å²) in [7, 11) is 2.42. The minimum absolute atomic E-state index is 0.0727. The van der Waals surface area contributed by atoms with Gasteiger partial charge in [0.1, 0.15) is 17.8 Å². The quantitative estimate of drug-likeness (QED) is 0.208. The minimum Gasteiger partial charge on any atom is -0.508 e. The highest BCUT2D eigenvalue weighted by molar-refractivity contribution is 8.76. The van der Waals surface area contributed by atoms with Crippen molar-refractivity contribution in [1.82, 2.24) is 21.3 Å². The van der Waals surface area contributed by atoms with Crippen molar-refractivity contribution in [3.63, 3.8) is 0 Å². The molecule has 2 heterocycles. The molecular weight excluding hydrogens is 592 g/mol. The number of aromatic hydroxyl groups is 1. The van der Waals surface area contributed by atoms with E-state index in [1.165, 1.54) is 33.7 Å². The third kappa shape index (κ3) is 7.15. The molecule has 1 spiro atoms. The molecule has 3 aliphatic rings. The topological polar surface area (TPSA) is 174 Å². The van der Waals surface area contributed by atoms with Gasteiger partial charge in [0.05, 0.1) is 5.41 Å². The second kappa shape index (κ2) is 13.5. The van der Waals surface area contributed by atoms with Gasteiger partial charge in [-0.1, -0.05) is 67.3 Å². The molecule has 4 rings (SSSR count). The van der Waals surface area contributed by atoms with E-state index in [0.717, 1.165) is 18.4 Å². The van der Waals surface area contributed by atoms with Gasteiger partial charge in [-0.2, -0.15) is 0 Å². The van der Waals surface area contributed by atoms with Gasteiger partial charge in [0, 0.05) is 29.4 Å². The molecule has 2 aliphatic heterocycles. The largest absolute Gasteiger partial charge is 0.508 e. The Kier molecular flexibility index (Phi) is 10.4. The van der Waals surface area contributed by atoms with E-state index in [4.69, 9.17) is 0 Å². The second-order valence-electron chi connectivity index (χ2n) is 12.7. The van der Waals surface area contributed by atoms with Gasteiger partial charge in [-0.3, -0.25) is 24.5 Å². The Labute approximate surface area is 259 Å². The molecule has 4 atom stereocenters. The summed E-state index contributed by atoms with van der Waals surface area (Å²) >= 11 is 0. The molecular formula is C30H42N4O7S2. The number of amides is 3. The van der Waals surface area contributed by atoms with Crippen LogP contribution in [0.1, 0.15) is 70.8 Å². The lowest BCUT2D eigenvalue weighted by Crippen LogP contribution is -2.67. The smallest absolute Gasteiger partial charge is 0.327 e. The Morgan fingerprint density at radius 3 is 2.26 bits per heavy atom. The SMILES string of the molecule is CC(C)(C)C(=O)[C@@]1(C(=O)N[C@H]2CSSC[C@@H](C(=O)O)NC(=O)C3(CCCC3)CCNC2=O)NCC[C@@H]1c1ccc(O)cc1. The number of hydrogen-bond acceptors (Lipinski definition) is 9. The molecule has 236 valence electrons. The summed E-state index contributed by atoms with van der Waals surface area (Å²) in [6, 6.07) is 4.36. The summed E-state index contributed by atoms with van der Waals surface area (Å²) in [5.41, 5.74) is -2.56. The predicted molar refractivity (Wildman–Crippen MR) is 166 cm³/mol. The van der Waals surface area contributed by atoms with Crippen LogP contribution in [0.5, 0.6) is 5.75 Å². The van der Waals surface area contributed by atoms with Crippen LogP contribution in [0.4, 0.5) is 0 Å². The number of phenolic OH excluding ortho intramolecular Hbond substituents is 1. The van der Waals surface area contributed by atoms with Crippen LogP contribution in [0, 0.1) is 10.8 Å². The highest BCUT2D eigenvalue weighted by atomic mass is 33.1. The van der Waals surface area contributed by atoms with E-state index in [9.17, 15) is 34.2 Å². The van der Waals surface area contributed by atoms with Gasteiger partial charge in [0.25, 0.3) is 0 Å². The van der Waals surface area contributed by atoms with Crippen LogP contribution in [-0.4, -0.2) is 81.9 Å². The number of rotatable bonds is 5. The van der Waals surface area contributed by atoms with Crippen LogP contribution >= 0.6 is 21.6 Å². The molecule has 0 bridgehead atoms. The Morgan fingerprint density at radius 2 is 1.63 bits per heavy atom. The Hall–Kier alpha value is -2.77. The first kappa shape index (κ1) is 33.1. The maximum Gasteiger partial charge on any atom is 0.327 e. The fourth-order valence-corrected chi connectivity index (χ4v) is 8.73. The maximum absolute atomic E-state index is 14.3. The monoisotopic (exact) mass is 634 g/mol. The van der Waals surface area contributed by atoms with Gasteiger partial charge in [-0.05, 0) is 49.9 Å². The second-order valence-corrected chi connectivity index (χ2v) is 15.3. The van der Waals surface area contributed by atoms with Crippen molar-refractivity contribution in [3.8, 4) is 5.75 Å². The van der Waals surface area contributed by atoms with Crippen molar-refractivity contribution >= 4 is 51.1 Å². The van der Waals surface area contributed by atoms with Crippen LogP contribution in [0.25, 0.3) is 0 Å². The number of hydrogen-bond donors (Lipinski definition) is 6. The molecule has 6 N–H and O–H groups in total. The lowest BCUT2D eigenvalue weighted by atomic mass is 9.69. The summed E-state index contributed by atoms with van der Waals surface area (Å²) < 4.78 is 0. The Balaban J connectivity index is 1.61. The molecule has 1 aliphatic carbocycles. The molecule has 1 aromatic carbocycles. The fraction of sp³-hybridized carbons (Fsp3) is 0.633. The van der Waals surface area contributed by atoms with Crippen molar-refractivity contribution in [2.75, 3.05) is 24.6 Å². The van der Waals surface area contributed by atoms with E-state index in [0.29, 0.717) is 32.2 Å². The molecule has 1 aromatic rings. The summed E-state index contributed by atoms with van der Waals surface area (Å²) in [5, 5.41) is 31.3. The van der Waals surface area contributed by atoms with Gasteiger partial charge in [-0.15, -0.1) is 0 Å². The van der Waals surface area contributed by atoms with Crippen molar-refractivity contribution < 1.29 is 34.2 Å². The molecule has 43 heavy (non-hydrogen) atoms. The van der Waals surface area contributed by atoms with E-state index in [1.807, 2.05) is 0 Å². The van der Waals surface area contributed by atoms with Crippen LogP contribution in [0.2, 0.25) is 0 Å². The Morgan fingerprint density at radius 1 is 0.977 bits per heavy atom. The predicted octanol–water partition coefficient (Wildman–Crippen LogP) is 2.34. The Bertz CT molecular complexity index is 1230. The molecule has 3 fully saturated rings. The summed E-state index contributed by atoms with van der Waals surface area (Å²) in [5.74, 6) is -3.02. The molecule has 13 heteroatoms. The van der Waals surface area contributed by atoms with Gasteiger partial charge in [0.2, 0.25) is 17.7 Å². The van der Waals surface area contributed by atoms with E-state index in [2.05, 4.69) is 21.3 Å². The third-order valence-corrected chi connectivity index (χ3v) is 11.2. The van der Waals surface area contributed by atoms with Crippen molar-refractivity contribution in [2.24, 2.45) is 10.8 Å². The number of aliphatic carboxylic acids is 1. The third-order valence-electron chi connectivity index (χ3n) is 8.78. The first-order valence-electron chi connectivity index (χ1n) is 14.8. The zero-order valence-electron chi connectivity index (χ0n) is 24.9. The van der Waals surface area contributed by atoms with E-state index in [-0.39, 0.29) is 35.5 Å². The average Bonchev–Trinajstić information content (AvgIpc) is 3.62. The van der Waals surface area contributed by atoms with Crippen LogP contribution < -0.4 is 21.3 Å². The van der Waals surface area contributed by atoms with Gasteiger partial charge < -0.3 is 26.2 Å². The fourth-order valence-electron chi connectivity index (χ4n) is 6.41. The van der Waals surface area contributed by atoms with E-state index < -0.39 is 52.2 Å². The summed E-state index contributed by atoms with van der Waals surface area (Å²) in [6.07, 6.45) is 3.79. The van der Waals surface area contributed by atoms with E-state index >= 15 is 0 Å². The van der Waals surface area contributed by atoms with E-state index in [1.54, 1.807) is 32.9 Å². The number of carboxylic acid groups (broad SMARTS) is 1. The maximum atomic E-state index is 14.3.